The van der Waals surface area contributed by atoms with Gasteiger partial charge in [0, 0.05) is 0 Å². The Labute approximate surface area is 54.6 Å². The molecule has 0 fully saturated rings. The largest absolute Gasteiger partial charge is 0.368 e. The van der Waals surface area contributed by atoms with Gasteiger partial charge in [0.25, 0.3) is 0 Å². The molecule has 0 amide bonds. The number of ether oxygens (including phenoxy) is 1. The molecule has 0 radical (unpaired) electrons. The minimum absolute atomic E-state index is 0.122. The third kappa shape index (κ3) is 6.24. The predicted octanol–water partition coefficient (Wildman–Crippen LogP) is 1.64. The average molecular weight is 138 g/mol. The van der Waals surface area contributed by atoms with E-state index in [0.29, 0.717) is 0 Å². The van der Waals surface area contributed by atoms with E-state index < -0.39 is 5.67 Å². The van der Waals surface area contributed by atoms with Crippen molar-refractivity contribution in [1.29, 1.82) is 0 Å². The summed E-state index contributed by atoms with van der Waals surface area (Å²) in [5, 5.41) is 0. The molecule has 0 saturated heterocycles. The zero-order valence-corrected chi connectivity index (χ0v) is 6.04. The average Bonchev–Trinajstić information content (AvgIpc) is 1.59. The molecule has 0 unspecified atom stereocenters. The molecule has 0 heterocycles. The molecule has 1 nitrogen and oxygen atoms in total. The normalized spacial score (nSPS) is 12.0. The summed E-state index contributed by atoms with van der Waals surface area (Å²) in [5.74, 6) is 0.285. The molecule has 3 heteroatoms. The number of alkyl halides is 1. The SMILES string of the molecule is CC(C)(F)COCS. The van der Waals surface area contributed by atoms with Gasteiger partial charge < -0.3 is 4.74 Å². The van der Waals surface area contributed by atoms with E-state index in [1.54, 1.807) is 0 Å². The van der Waals surface area contributed by atoms with Gasteiger partial charge in [-0.15, -0.1) is 0 Å². The quantitative estimate of drug-likeness (QED) is 0.460. The second-order valence-corrected chi connectivity index (χ2v) is 2.45. The highest BCUT2D eigenvalue weighted by molar-refractivity contribution is 7.80. The van der Waals surface area contributed by atoms with E-state index in [1.807, 2.05) is 0 Å². The molecule has 0 atom stereocenters. The summed E-state index contributed by atoms with van der Waals surface area (Å²) in [6, 6.07) is 0. The standard InChI is InChI=1S/C5H11FOS/c1-5(2,6)3-7-4-8/h8H,3-4H2,1-2H3. The second kappa shape index (κ2) is 3.30. The Morgan fingerprint density at radius 2 is 2.12 bits per heavy atom. The zero-order chi connectivity index (χ0) is 6.62. The van der Waals surface area contributed by atoms with Crippen molar-refractivity contribution < 1.29 is 9.13 Å². The number of hydrogen-bond acceptors (Lipinski definition) is 2. The van der Waals surface area contributed by atoms with Crippen LogP contribution in [0.25, 0.3) is 0 Å². The molecular formula is C5H11FOS. The van der Waals surface area contributed by atoms with Crippen molar-refractivity contribution in [3.8, 4) is 0 Å². The lowest BCUT2D eigenvalue weighted by atomic mass is 10.2. The molecule has 0 rings (SSSR count). The van der Waals surface area contributed by atoms with E-state index >= 15 is 0 Å². The summed E-state index contributed by atoms with van der Waals surface area (Å²) >= 11 is 3.74. The van der Waals surface area contributed by atoms with Gasteiger partial charge >= 0.3 is 0 Å². The Morgan fingerprint density at radius 1 is 1.62 bits per heavy atom. The van der Waals surface area contributed by atoms with Crippen LogP contribution in [0.3, 0.4) is 0 Å². The van der Waals surface area contributed by atoms with Gasteiger partial charge in [-0.1, -0.05) is 0 Å². The van der Waals surface area contributed by atoms with Crippen LogP contribution >= 0.6 is 12.6 Å². The second-order valence-electron chi connectivity index (χ2n) is 2.20. The van der Waals surface area contributed by atoms with Crippen LogP contribution in [0.15, 0.2) is 0 Å². The Hall–Kier alpha value is 0.240. The fourth-order valence-corrected chi connectivity index (χ4v) is 0.380. The molecule has 0 aliphatic carbocycles. The number of halogens is 1. The molecule has 0 N–H and O–H groups in total. The van der Waals surface area contributed by atoms with Crippen molar-refractivity contribution >= 4 is 12.6 Å². The Bertz CT molecular complexity index is 59.9. The summed E-state index contributed by atoms with van der Waals surface area (Å²) in [6.45, 7) is 3.06. The first-order valence-electron chi connectivity index (χ1n) is 2.44. The van der Waals surface area contributed by atoms with Crippen LogP contribution < -0.4 is 0 Å². The van der Waals surface area contributed by atoms with Gasteiger partial charge in [0.1, 0.15) is 5.67 Å². The highest BCUT2D eigenvalue weighted by Gasteiger charge is 2.14. The van der Waals surface area contributed by atoms with E-state index in [-0.39, 0.29) is 12.5 Å². The third-order valence-corrected chi connectivity index (χ3v) is 0.719. The van der Waals surface area contributed by atoms with Crippen LogP contribution in [-0.2, 0) is 4.74 Å². The van der Waals surface area contributed by atoms with Crippen molar-refractivity contribution in [2.45, 2.75) is 19.5 Å². The van der Waals surface area contributed by atoms with E-state index in [0.717, 1.165) is 0 Å². The van der Waals surface area contributed by atoms with Gasteiger partial charge in [-0.25, -0.2) is 4.39 Å². The molecule has 50 valence electrons. The van der Waals surface area contributed by atoms with Crippen molar-refractivity contribution in [1.82, 2.24) is 0 Å². The van der Waals surface area contributed by atoms with Crippen molar-refractivity contribution in [2.24, 2.45) is 0 Å². The van der Waals surface area contributed by atoms with Gasteiger partial charge in [0.2, 0.25) is 0 Å². The fraction of sp³-hybridized carbons (Fsp3) is 1.00. The highest BCUT2D eigenvalue weighted by atomic mass is 32.1. The van der Waals surface area contributed by atoms with Crippen LogP contribution in [0, 0.1) is 0 Å². The van der Waals surface area contributed by atoms with Crippen molar-refractivity contribution in [3.05, 3.63) is 0 Å². The summed E-state index contributed by atoms with van der Waals surface area (Å²) in [7, 11) is 0. The summed E-state index contributed by atoms with van der Waals surface area (Å²) < 4.78 is 17.1. The lowest BCUT2D eigenvalue weighted by Crippen LogP contribution is -2.19. The maximum atomic E-state index is 12.4. The molecule has 0 aromatic heterocycles. The van der Waals surface area contributed by atoms with Gasteiger partial charge in [-0.3, -0.25) is 0 Å². The summed E-state index contributed by atoms with van der Waals surface area (Å²) in [5.41, 5.74) is -1.22. The molecule has 0 aromatic rings. The Morgan fingerprint density at radius 3 is 2.25 bits per heavy atom. The first-order valence-corrected chi connectivity index (χ1v) is 3.07. The van der Waals surface area contributed by atoms with Crippen LogP contribution in [0.1, 0.15) is 13.8 Å². The van der Waals surface area contributed by atoms with Crippen LogP contribution in [0.5, 0.6) is 0 Å². The van der Waals surface area contributed by atoms with Gasteiger partial charge in [-0.2, -0.15) is 12.6 Å². The fourth-order valence-electron chi connectivity index (χ4n) is 0.288. The van der Waals surface area contributed by atoms with Crippen LogP contribution in [0.2, 0.25) is 0 Å². The molecule has 0 aliphatic heterocycles. The lowest BCUT2D eigenvalue weighted by molar-refractivity contribution is 0.0614. The minimum atomic E-state index is -1.22. The van der Waals surface area contributed by atoms with E-state index in [2.05, 4.69) is 17.4 Å². The lowest BCUT2D eigenvalue weighted by Gasteiger charge is -2.11. The van der Waals surface area contributed by atoms with Gasteiger partial charge in [0.05, 0.1) is 12.5 Å². The van der Waals surface area contributed by atoms with Gasteiger partial charge in [-0.05, 0) is 13.8 Å². The van der Waals surface area contributed by atoms with E-state index in [4.69, 9.17) is 0 Å². The minimum Gasteiger partial charge on any atom is -0.368 e. The molecule has 0 aromatic carbocycles. The molecule has 0 aliphatic rings. The Balaban J connectivity index is 3.11. The highest BCUT2D eigenvalue weighted by Crippen LogP contribution is 2.07. The molecular weight excluding hydrogens is 127 g/mol. The molecule has 8 heavy (non-hydrogen) atoms. The number of rotatable bonds is 3. The van der Waals surface area contributed by atoms with Crippen LogP contribution in [-0.4, -0.2) is 18.2 Å². The Kier molecular flexibility index (Phi) is 3.40. The maximum Gasteiger partial charge on any atom is 0.128 e. The summed E-state index contributed by atoms with van der Waals surface area (Å²) in [6.07, 6.45) is 0. The maximum absolute atomic E-state index is 12.4. The topological polar surface area (TPSA) is 9.23 Å². The first kappa shape index (κ1) is 8.24. The molecule has 0 saturated carbocycles. The number of hydrogen-bond donors (Lipinski definition) is 1. The molecule has 0 spiro atoms. The zero-order valence-electron chi connectivity index (χ0n) is 5.15. The number of thiol groups is 1. The predicted molar refractivity (Wildman–Crippen MR) is 35.0 cm³/mol. The van der Waals surface area contributed by atoms with Crippen LogP contribution in [0.4, 0.5) is 4.39 Å². The van der Waals surface area contributed by atoms with Crippen molar-refractivity contribution in [2.75, 3.05) is 12.5 Å². The monoisotopic (exact) mass is 138 g/mol. The third-order valence-electron chi connectivity index (χ3n) is 0.537. The van der Waals surface area contributed by atoms with E-state index in [9.17, 15) is 4.39 Å². The first-order chi connectivity index (χ1) is 3.56. The smallest absolute Gasteiger partial charge is 0.128 e. The molecule has 0 bridgehead atoms. The van der Waals surface area contributed by atoms with E-state index in [1.165, 1.54) is 13.8 Å². The summed E-state index contributed by atoms with van der Waals surface area (Å²) in [4.78, 5) is 0. The van der Waals surface area contributed by atoms with Crippen molar-refractivity contribution in [3.63, 3.8) is 0 Å². The van der Waals surface area contributed by atoms with Gasteiger partial charge in [0.15, 0.2) is 0 Å².